The normalized spacial score (nSPS) is 10.8. The maximum atomic E-state index is 4.67. The highest BCUT2D eigenvalue weighted by Crippen LogP contribution is 2.17. The van der Waals surface area contributed by atoms with E-state index in [4.69, 9.17) is 0 Å². The van der Waals surface area contributed by atoms with Crippen LogP contribution in [0, 0.1) is 0 Å². The van der Waals surface area contributed by atoms with Gasteiger partial charge < -0.3 is 0 Å². The summed E-state index contributed by atoms with van der Waals surface area (Å²) >= 11 is 0. The van der Waals surface area contributed by atoms with Gasteiger partial charge in [-0.3, -0.25) is 9.97 Å². The molecule has 0 saturated heterocycles. The van der Waals surface area contributed by atoms with Gasteiger partial charge >= 0.3 is 0 Å². The van der Waals surface area contributed by atoms with Gasteiger partial charge in [0.05, 0.1) is 5.52 Å². The van der Waals surface area contributed by atoms with Crippen molar-refractivity contribution in [3.63, 3.8) is 0 Å². The van der Waals surface area contributed by atoms with E-state index in [1.54, 1.807) is 6.20 Å². The van der Waals surface area contributed by atoms with Crippen molar-refractivity contribution in [2.75, 3.05) is 0 Å². The Labute approximate surface area is 90.4 Å². The second kappa shape index (κ2) is 4.39. The van der Waals surface area contributed by atoms with E-state index in [1.807, 2.05) is 12.3 Å². The summed E-state index contributed by atoms with van der Waals surface area (Å²) in [6.07, 6.45) is 6.98. The highest BCUT2D eigenvalue weighted by molar-refractivity contribution is 5.78. The molecule has 2 rings (SSSR count). The highest BCUT2D eigenvalue weighted by Gasteiger charge is 2.04. The largest absolute Gasteiger partial charge is 0.264 e. The van der Waals surface area contributed by atoms with Crippen LogP contribution in [0.15, 0.2) is 24.5 Å². The average molecular weight is 200 g/mol. The van der Waals surface area contributed by atoms with Crippen LogP contribution >= 0.6 is 0 Å². The van der Waals surface area contributed by atoms with Crippen LogP contribution in [-0.2, 0) is 12.8 Å². The molecule has 0 aliphatic carbocycles. The molecule has 2 aromatic rings. The Balaban J connectivity index is 2.58. The Morgan fingerprint density at radius 1 is 1.27 bits per heavy atom. The molecule has 0 unspecified atom stereocenters. The molecule has 0 aliphatic heterocycles. The lowest BCUT2D eigenvalue weighted by Crippen LogP contribution is -1.97. The number of hydrogen-bond donors (Lipinski definition) is 0. The zero-order chi connectivity index (χ0) is 10.7. The van der Waals surface area contributed by atoms with Gasteiger partial charge in [-0.1, -0.05) is 20.3 Å². The van der Waals surface area contributed by atoms with Gasteiger partial charge in [-0.2, -0.15) is 0 Å². The summed E-state index contributed by atoms with van der Waals surface area (Å²) < 4.78 is 0. The number of hydrogen-bond acceptors (Lipinski definition) is 2. The molecule has 0 bridgehead atoms. The van der Waals surface area contributed by atoms with Gasteiger partial charge in [0.2, 0.25) is 0 Å². The predicted octanol–water partition coefficient (Wildman–Crippen LogP) is 3.14. The molecular formula is C13H16N2. The van der Waals surface area contributed by atoms with Gasteiger partial charge in [0.1, 0.15) is 0 Å². The molecule has 2 aromatic heterocycles. The van der Waals surface area contributed by atoms with E-state index in [0.717, 1.165) is 23.7 Å². The summed E-state index contributed by atoms with van der Waals surface area (Å²) in [5, 5.41) is 1.15. The number of rotatable bonds is 3. The minimum atomic E-state index is 1.01. The molecule has 0 aliphatic rings. The summed E-state index contributed by atoms with van der Waals surface area (Å²) in [5.74, 6) is 0. The van der Waals surface area contributed by atoms with E-state index in [1.165, 1.54) is 17.7 Å². The van der Waals surface area contributed by atoms with E-state index in [2.05, 4.69) is 29.9 Å². The van der Waals surface area contributed by atoms with Crippen molar-refractivity contribution in [1.82, 2.24) is 9.97 Å². The van der Waals surface area contributed by atoms with Gasteiger partial charge in [-0.25, -0.2) is 0 Å². The molecule has 0 N–H and O–H groups in total. The fraction of sp³-hybridized carbons (Fsp3) is 0.385. The molecule has 2 heteroatoms. The van der Waals surface area contributed by atoms with E-state index in [0.29, 0.717) is 0 Å². The van der Waals surface area contributed by atoms with Crippen molar-refractivity contribution in [3.8, 4) is 0 Å². The Morgan fingerprint density at radius 3 is 2.87 bits per heavy atom. The molecule has 0 amide bonds. The second-order valence-electron chi connectivity index (χ2n) is 3.77. The van der Waals surface area contributed by atoms with Gasteiger partial charge in [0, 0.05) is 23.5 Å². The number of aryl methyl sites for hydroxylation is 2. The summed E-state index contributed by atoms with van der Waals surface area (Å²) in [7, 11) is 0. The Bertz CT molecular complexity index is 463. The molecule has 0 saturated carbocycles. The minimum absolute atomic E-state index is 1.01. The van der Waals surface area contributed by atoms with Crippen LogP contribution in [0.1, 0.15) is 31.5 Å². The summed E-state index contributed by atoms with van der Waals surface area (Å²) in [6.45, 7) is 4.36. The minimum Gasteiger partial charge on any atom is -0.264 e. The Kier molecular flexibility index (Phi) is 2.95. The van der Waals surface area contributed by atoms with E-state index in [9.17, 15) is 0 Å². The highest BCUT2D eigenvalue weighted by atomic mass is 14.7. The molecule has 0 atom stereocenters. The van der Waals surface area contributed by atoms with Crippen LogP contribution in [-0.4, -0.2) is 9.97 Å². The first-order valence-corrected chi connectivity index (χ1v) is 5.57. The summed E-state index contributed by atoms with van der Waals surface area (Å²) in [4.78, 5) is 8.80. The van der Waals surface area contributed by atoms with Crippen molar-refractivity contribution in [2.24, 2.45) is 0 Å². The van der Waals surface area contributed by atoms with Crippen molar-refractivity contribution in [1.29, 1.82) is 0 Å². The molecule has 2 heterocycles. The van der Waals surface area contributed by atoms with E-state index >= 15 is 0 Å². The molecule has 78 valence electrons. The summed E-state index contributed by atoms with van der Waals surface area (Å²) in [5.41, 5.74) is 3.66. The third-order valence-corrected chi connectivity index (χ3v) is 2.64. The van der Waals surface area contributed by atoms with Crippen molar-refractivity contribution in [3.05, 3.63) is 35.8 Å². The lowest BCUT2D eigenvalue weighted by atomic mass is 10.0. The van der Waals surface area contributed by atoms with Crippen LogP contribution < -0.4 is 0 Å². The van der Waals surface area contributed by atoms with Crippen LogP contribution in [0.3, 0.4) is 0 Å². The fourth-order valence-electron chi connectivity index (χ4n) is 1.89. The smallest absolute Gasteiger partial charge is 0.0736 e. The number of aromatic nitrogens is 2. The van der Waals surface area contributed by atoms with E-state index < -0.39 is 0 Å². The quantitative estimate of drug-likeness (QED) is 0.760. The van der Waals surface area contributed by atoms with Crippen LogP contribution in [0.5, 0.6) is 0 Å². The SMILES string of the molecule is CCCc1cc2cnccc2nc1CC. The van der Waals surface area contributed by atoms with Crippen LogP contribution in [0.4, 0.5) is 0 Å². The Morgan fingerprint density at radius 2 is 2.13 bits per heavy atom. The maximum Gasteiger partial charge on any atom is 0.0736 e. The van der Waals surface area contributed by atoms with E-state index in [-0.39, 0.29) is 0 Å². The Hall–Kier alpha value is -1.44. The molecule has 0 fully saturated rings. The first kappa shape index (κ1) is 10.1. The first-order chi connectivity index (χ1) is 7.35. The fourth-order valence-corrected chi connectivity index (χ4v) is 1.89. The summed E-state index contributed by atoms with van der Waals surface area (Å²) in [6, 6.07) is 4.21. The first-order valence-electron chi connectivity index (χ1n) is 5.57. The molecule has 15 heavy (non-hydrogen) atoms. The second-order valence-corrected chi connectivity index (χ2v) is 3.77. The van der Waals surface area contributed by atoms with Crippen molar-refractivity contribution >= 4 is 10.9 Å². The third kappa shape index (κ3) is 1.99. The number of pyridine rings is 2. The molecule has 0 spiro atoms. The molecule has 0 aromatic carbocycles. The van der Waals surface area contributed by atoms with Gasteiger partial charge in [-0.05, 0) is 30.5 Å². The zero-order valence-electron chi connectivity index (χ0n) is 9.33. The third-order valence-electron chi connectivity index (χ3n) is 2.64. The average Bonchev–Trinajstić information content (AvgIpc) is 2.28. The molecular weight excluding hydrogens is 184 g/mol. The van der Waals surface area contributed by atoms with Crippen LogP contribution in [0.2, 0.25) is 0 Å². The molecule has 2 nitrogen and oxygen atoms in total. The standard InChI is InChI=1S/C13H16N2/c1-3-5-10-8-11-9-14-7-6-13(11)15-12(10)4-2/h6-9H,3-5H2,1-2H3. The lowest BCUT2D eigenvalue weighted by Gasteiger charge is -2.07. The van der Waals surface area contributed by atoms with Crippen molar-refractivity contribution < 1.29 is 0 Å². The van der Waals surface area contributed by atoms with Gasteiger partial charge in [0.15, 0.2) is 0 Å². The van der Waals surface area contributed by atoms with Crippen molar-refractivity contribution in [2.45, 2.75) is 33.1 Å². The van der Waals surface area contributed by atoms with Gasteiger partial charge in [0.25, 0.3) is 0 Å². The predicted molar refractivity (Wildman–Crippen MR) is 62.9 cm³/mol. The molecule has 0 radical (unpaired) electrons. The number of fused-ring (bicyclic) bond motifs is 1. The monoisotopic (exact) mass is 200 g/mol. The zero-order valence-corrected chi connectivity index (χ0v) is 9.33. The number of nitrogens with zero attached hydrogens (tertiary/aromatic N) is 2. The topological polar surface area (TPSA) is 25.8 Å². The lowest BCUT2D eigenvalue weighted by molar-refractivity contribution is 0.883. The maximum absolute atomic E-state index is 4.67. The van der Waals surface area contributed by atoms with Crippen LogP contribution in [0.25, 0.3) is 10.9 Å². The van der Waals surface area contributed by atoms with Gasteiger partial charge in [-0.15, -0.1) is 0 Å².